The average molecular weight is 532 g/mol. The molecule has 0 fully saturated rings. The minimum absolute atomic E-state index is 0.0346. The van der Waals surface area contributed by atoms with Crippen LogP contribution in [0.25, 0.3) is 0 Å². The van der Waals surface area contributed by atoms with Crippen LogP contribution in [-0.4, -0.2) is 41.3 Å². The number of hydrazone groups is 1. The van der Waals surface area contributed by atoms with Crippen LogP contribution in [0.1, 0.15) is 5.56 Å². The highest BCUT2D eigenvalue weighted by molar-refractivity contribution is 9.10. The van der Waals surface area contributed by atoms with Crippen LogP contribution in [0.2, 0.25) is 0 Å². The Morgan fingerprint density at radius 1 is 1.03 bits per heavy atom. The lowest BCUT2D eigenvalue weighted by Gasteiger charge is -2.25. The van der Waals surface area contributed by atoms with E-state index in [1.54, 1.807) is 30.3 Å². The van der Waals surface area contributed by atoms with Crippen molar-refractivity contribution in [3.8, 4) is 11.5 Å². The molecule has 3 rings (SSSR count). The van der Waals surface area contributed by atoms with Gasteiger partial charge in [0.2, 0.25) is 0 Å². The molecule has 0 unspecified atom stereocenters. The van der Waals surface area contributed by atoms with Gasteiger partial charge in [0.05, 0.1) is 31.0 Å². The SMILES string of the molecule is COc1ccc(N(CC(=O)N/N=C\c2ccccc2Br)S(=O)(=O)c2ccccc2)c(OC)c1. The molecular formula is C23H22BrN3O5S. The van der Waals surface area contributed by atoms with E-state index < -0.39 is 22.5 Å². The summed E-state index contributed by atoms with van der Waals surface area (Å²) in [5.41, 5.74) is 3.32. The van der Waals surface area contributed by atoms with Crippen molar-refractivity contribution in [2.24, 2.45) is 5.10 Å². The number of hydrogen-bond acceptors (Lipinski definition) is 6. The van der Waals surface area contributed by atoms with Crippen molar-refractivity contribution in [3.63, 3.8) is 0 Å². The first-order chi connectivity index (χ1) is 15.9. The summed E-state index contributed by atoms with van der Waals surface area (Å²) in [5, 5.41) is 3.95. The first-order valence-electron chi connectivity index (χ1n) is 9.73. The number of benzene rings is 3. The second kappa shape index (κ2) is 11.0. The van der Waals surface area contributed by atoms with E-state index in [4.69, 9.17) is 9.47 Å². The number of halogens is 1. The molecule has 0 aromatic heterocycles. The Labute approximate surface area is 201 Å². The Bertz CT molecular complexity index is 1250. The van der Waals surface area contributed by atoms with E-state index >= 15 is 0 Å². The minimum atomic E-state index is -4.09. The van der Waals surface area contributed by atoms with E-state index in [1.807, 2.05) is 24.3 Å². The molecule has 0 heterocycles. The van der Waals surface area contributed by atoms with Crippen LogP contribution < -0.4 is 19.2 Å². The Balaban J connectivity index is 1.93. The van der Waals surface area contributed by atoms with E-state index in [0.717, 1.165) is 14.3 Å². The number of hydrogen-bond donors (Lipinski definition) is 1. The molecule has 0 aliphatic carbocycles. The van der Waals surface area contributed by atoms with Gasteiger partial charge in [-0.1, -0.05) is 52.3 Å². The number of nitrogens with one attached hydrogen (secondary N) is 1. The van der Waals surface area contributed by atoms with E-state index in [1.165, 1.54) is 38.6 Å². The normalized spacial score (nSPS) is 11.2. The number of carbonyl (C=O) groups excluding carboxylic acids is 1. The number of rotatable bonds is 9. The van der Waals surface area contributed by atoms with Crippen LogP contribution in [0.4, 0.5) is 5.69 Å². The number of anilines is 1. The zero-order valence-electron chi connectivity index (χ0n) is 17.9. The maximum Gasteiger partial charge on any atom is 0.264 e. The average Bonchev–Trinajstić information content (AvgIpc) is 2.84. The van der Waals surface area contributed by atoms with Gasteiger partial charge in [-0.25, -0.2) is 13.8 Å². The van der Waals surface area contributed by atoms with Crippen molar-refractivity contribution >= 4 is 43.8 Å². The van der Waals surface area contributed by atoms with E-state index in [0.29, 0.717) is 5.75 Å². The molecule has 0 atom stereocenters. The van der Waals surface area contributed by atoms with Gasteiger partial charge in [-0.15, -0.1) is 0 Å². The molecule has 0 radical (unpaired) electrons. The van der Waals surface area contributed by atoms with Crippen LogP contribution >= 0.6 is 15.9 Å². The monoisotopic (exact) mass is 531 g/mol. The van der Waals surface area contributed by atoms with Crippen molar-refractivity contribution in [1.82, 2.24) is 5.43 Å². The van der Waals surface area contributed by atoms with Crippen molar-refractivity contribution < 1.29 is 22.7 Å². The molecule has 1 N–H and O–H groups in total. The maximum atomic E-state index is 13.4. The van der Waals surface area contributed by atoms with Crippen LogP contribution in [0.5, 0.6) is 11.5 Å². The Hall–Kier alpha value is -3.37. The fourth-order valence-corrected chi connectivity index (χ4v) is 4.77. The first-order valence-corrected chi connectivity index (χ1v) is 12.0. The molecule has 8 nitrogen and oxygen atoms in total. The summed E-state index contributed by atoms with van der Waals surface area (Å²) in [6.07, 6.45) is 1.46. The van der Waals surface area contributed by atoms with Crippen LogP contribution in [0, 0.1) is 0 Å². The lowest BCUT2D eigenvalue weighted by molar-refractivity contribution is -0.119. The first kappa shape index (κ1) is 24.3. The second-order valence-corrected chi connectivity index (χ2v) is 9.39. The van der Waals surface area contributed by atoms with Gasteiger partial charge in [0.25, 0.3) is 15.9 Å². The molecule has 3 aromatic rings. The summed E-state index contributed by atoms with van der Waals surface area (Å²) < 4.78 is 39.2. The van der Waals surface area contributed by atoms with E-state index in [-0.39, 0.29) is 16.3 Å². The Morgan fingerprint density at radius 3 is 2.39 bits per heavy atom. The largest absolute Gasteiger partial charge is 0.497 e. The predicted molar refractivity (Wildman–Crippen MR) is 130 cm³/mol. The van der Waals surface area contributed by atoms with Gasteiger partial charge in [-0.2, -0.15) is 5.10 Å². The van der Waals surface area contributed by atoms with Crippen molar-refractivity contribution in [2.75, 3.05) is 25.1 Å². The molecule has 0 saturated carbocycles. The smallest absolute Gasteiger partial charge is 0.264 e. The van der Waals surface area contributed by atoms with Gasteiger partial charge in [-0.05, 0) is 30.3 Å². The highest BCUT2D eigenvalue weighted by atomic mass is 79.9. The van der Waals surface area contributed by atoms with Crippen LogP contribution in [-0.2, 0) is 14.8 Å². The summed E-state index contributed by atoms with van der Waals surface area (Å²) in [6, 6.07) is 19.9. The Kier molecular flexibility index (Phi) is 8.07. The molecule has 0 aliphatic rings. The number of nitrogens with zero attached hydrogens (tertiary/aromatic N) is 2. The maximum absolute atomic E-state index is 13.4. The van der Waals surface area contributed by atoms with Gasteiger partial charge in [0.15, 0.2) is 0 Å². The number of ether oxygens (including phenoxy) is 2. The quantitative estimate of drug-likeness (QED) is 0.334. The third-order valence-corrected chi connectivity index (χ3v) is 7.07. The van der Waals surface area contributed by atoms with Gasteiger partial charge in [0.1, 0.15) is 18.0 Å². The fraction of sp³-hybridized carbons (Fsp3) is 0.130. The van der Waals surface area contributed by atoms with Crippen LogP contribution in [0.15, 0.2) is 87.3 Å². The summed E-state index contributed by atoms with van der Waals surface area (Å²) >= 11 is 3.40. The van der Waals surface area contributed by atoms with Crippen molar-refractivity contribution in [2.45, 2.75) is 4.90 Å². The molecule has 3 aromatic carbocycles. The zero-order valence-corrected chi connectivity index (χ0v) is 20.3. The fourth-order valence-electron chi connectivity index (χ4n) is 2.93. The molecular weight excluding hydrogens is 510 g/mol. The molecule has 10 heteroatoms. The topological polar surface area (TPSA) is 97.3 Å². The van der Waals surface area contributed by atoms with Crippen molar-refractivity contribution in [3.05, 3.63) is 82.8 Å². The molecule has 172 valence electrons. The van der Waals surface area contributed by atoms with Gasteiger partial charge >= 0.3 is 0 Å². The summed E-state index contributed by atoms with van der Waals surface area (Å²) in [5.74, 6) is 0.0872. The second-order valence-electron chi connectivity index (χ2n) is 6.68. The number of carbonyl (C=O) groups is 1. The number of methoxy groups -OCH3 is 2. The summed E-state index contributed by atoms with van der Waals surface area (Å²) in [4.78, 5) is 12.7. The minimum Gasteiger partial charge on any atom is -0.497 e. The molecule has 0 spiro atoms. The highest BCUT2D eigenvalue weighted by Crippen LogP contribution is 2.35. The Morgan fingerprint density at radius 2 is 1.73 bits per heavy atom. The van der Waals surface area contributed by atoms with Gasteiger partial charge < -0.3 is 9.47 Å². The molecule has 1 amide bonds. The highest BCUT2D eigenvalue weighted by Gasteiger charge is 2.29. The molecule has 0 aliphatic heterocycles. The van der Waals surface area contributed by atoms with Gasteiger partial charge in [0, 0.05) is 16.1 Å². The number of amides is 1. The third-order valence-electron chi connectivity index (χ3n) is 4.57. The number of sulfonamides is 1. The predicted octanol–water partition coefficient (Wildman–Crippen LogP) is 3.81. The molecule has 33 heavy (non-hydrogen) atoms. The van der Waals surface area contributed by atoms with Crippen molar-refractivity contribution in [1.29, 1.82) is 0 Å². The summed E-state index contributed by atoms with van der Waals surface area (Å²) in [6.45, 7) is -0.521. The molecule has 0 saturated heterocycles. The third kappa shape index (κ3) is 5.91. The van der Waals surface area contributed by atoms with Gasteiger partial charge in [-0.3, -0.25) is 9.10 Å². The lowest BCUT2D eigenvalue weighted by Crippen LogP contribution is -2.39. The standard InChI is InChI=1S/C23H22BrN3O5S/c1-31-18-12-13-21(22(14-18)32-2)27(33(29,30)19-9-4-3-5-10-19)16-23(28)26-25-15-17-8-6-7-11-20(17)24/h3-15H,16H2,1-2H3,(H,26,28)/b25-15-. The van der Waals surface area contributed by atoms with Crippen LogP contribution in [0.3, 0.4) is 0 Å². The van der Waals surface area contributed by atoms with E-state index in [9.17, 15) is 13.2 Å². The molecule has 0 bridgehead atoms. The summed E-state index contributed by atoms with van der Waals surface area (Å²) in [7, 11) is -1.19. The lowest BCUT2D eigenvalue weighted by atomic mass is 10.2. The van der Waals surface area contributed by atoms with E-state index in [2.05, 4.69) is 26.5 Å². The zero-order chi connectivity index (χ0) is 23.8.